The van der Waals surface area contributed by atoms with Gasteiger partial charge in [-0.1, -0.05) is 12.1 Å². The van der Waals surface area contributed by atoms with Crippen molar-refractivity contribution in [3.05, 3.63) is 35.4 Å². The largest absolute Gasteiger partial charge is 0.380 e. The zero-order valence-corrected chi connectivity index (χ0v) is 10.9. The van der Waals surface area contributed by atoms with Crippen LogP contribution in [0.1, 0.15) is 22.3 Å². The Labute approximate surface area is 112 Å². The van der Waals surface area contributed by atoms with E-state index in [0.717, 1.165) is 5.56 Å². The monoisotopic (exact) mass is 265 g/mol. The first-order valence-corrected chi connectivity index (χ1v) is 5.95. The number of benzene rings is 1. The Morgan fingerprint density at radius 3 is 2.74 bits per heavy atom. The molecule has 6 heteroatoms. The predicted molar refractivity (Wildman–Crippen MR) is 71.3 cm³/mol. The molecule has 1 atom stereocenters. The predicted octanol–water partition coefficient (Wildman–Crippen LogP) is -0.234. The van der Waals surface area contributed by atoms with Crippen LogP contribution in [0.25, 0.3) is 0 Å². The lowest BCUT2D eigenvalue weighted by molar-refractivity contribution is -0.123. The molecular formula is C13H19N3O3. The number of ether oxygens (including phenoxy) is 1. The smallest absolute Gasteiger partial charge is 0.248 e. The average Bonchev–Trinajstić information content (AvgIpc) is 2.42. The lowest BCUT2D eigenvalue weighted by Gasteiger charge is -2.12. The maximum atomic E-state index is 11.6. The summed E-state index contributed by atoms with van der Waals surface area (Å²) in [5, 5.41) is 2.74. The minimum atomic E-state index is -0.490. The van der Waals surface area contributed by atoms with E-state index in [9.17, 15) is 9.59 Å². The molecule has 1 unspecified atom stereocenters. The number of primary amides is 1. The molecule has 0 fully saturated rings. The number of hydrogen-bond donors (Lipinski definition) is 3. The molecule has 0 radical (unpaired) electrons. The van der Waals surface area contributed by atoms with Crippen LogP contribution < -0.4 is 16.8 Å². The summed E-state index contributed by atoms with van der Waals surface area (Å²) in [6.07, 6.45) is -0.0698. The second-order valence-electron chi connectivity index (χ2n) is 4.14. The molecule has 0 aliphatic heterocycles. The van der Waals surface area contributed by atoms with Crippen LogP contribution >= 0.6 is 0 Å². The van der Waals surface area contributed by atoms with Gasteiger partial charge in [0.1, 0.15) is 0 Å². The van der Waals surface area contributed by atoms with Gasteiger partial charge in [0.15, 0.2) is 0 Å². The third-order valence-corrected chi connectivity index (χ3v) is 2.71. The quantitative estimate of drug-likeness (QED) is 0.632. The molecule has 0 saturated carbocycles. The van der Waals surface area contributed by atoms with E-state index in [-0.39, 0.29) is 18.4 Å². The van der Waals surface area contributed by atoms with E-state index >= 15 is 0 Å². The molecule has 0 heterocycles. The van der Waals surface area contributed by atoms with Gasteiger partial charge in [-0.15, -0.1) is 0 Å². The first kappa shape index (κ1) is 15.1. The van der Waals surface area contributed by atoms with Gasteiger partial charge >= 0.3 is 0 Å². The number of amides is 2. The van der Waals surface area contributed by atoms with E-state index in [2.05, 4.69) is 5.32 Å². The van der Waals surface area contributed by atoms with Gasteiger partial charge in [0.05, 0.1) is 12.5 Å². The van der Waals surface area contributed by atoms with E-state index in [1.165, 1.54) is 7.11 Å². The molecule has 0 aliphatic carbocycles. The SMILES string of the molecule is COC(CN)CC(=O)NCc1cccc(C(N)=O)c1. The fourth-order valence-electron chi connectivity index (χ4n) is 1.58. The standard InChI is InChI=1S/C13H19N3O3/c1-19-11(7-14)6-12(17)16-8-9-3-2-4-10(5-9)13(15)18/h2-5,11H,6-8,14H2,1H3,(H2,15,18)(H,16,17). The van der Waals surface area contributed by atoms with Crippen LogP contribution in [0.4, 0.5) is 0 Å². The van der Waals surface area contributed by atoms with Crippen molar-refractivity contribution in [2.45, 2.75) is 19.1 Å². The van der Waals surface area contributed by atoms with Gasteiger partial charge in [-0.3, -0.25) is 9.59 Å². The van der Waals surface area contributed by atoms with E-state index in [0.29, 0.717) is 18.7 Å². The molecule has 0 aliphatic rings. The van der Waals surface area contributed by atoms with Crippen molar-refractivity contribution >= 4 is 11.8 Å². The van der Waals surface area contributed by atoms with Crippen molar-refractivity contribution in [1.82, 2.24) is 5.32 Å². The minimum absolute atomic E-state index is 0.151. The number of carbonyl (C=O) groups excluding carboxylic acids is 2. The van der Waals surface area contributed by atoms with Gasteiger partial charge in [0.2, 0.25) is 11.8 Å². The molecular weight excluding hydrogens is 246 g/mol. The van der Waals surface area contributed by atoms with E-state index in [4.69, 9.17) is 16.2 Å². The molecule has 0 bridgehead atoms. The summed E-state index contributed by atoms with van der Waals surface area (Å²) in [7, 11) is 1.52. The van der Waals surface area contributed by atoms with Gasteiger partial charge in [-0.2, -0.15) is 0 Å². The maximum Gasteiger partial charge on any atom is 0.248 e. The molecule has 5 N–H and O–H groups in total. The van der Waals surface area contributed by atoms with E-state index < -0.39 is 5.91 Å². The zero-order chi connectivity index (χ0) is 14.3. The second kappa shape index (κ2) is 7.50. The summed E-state index contributed by atoms with van der Waals surface area (Å²) in [4.78, 5) is 22.6. The third-order valence-electron chi connectivity index (χ3n) is 2.71. The average molecular weight is 265 g/mol. The summed E-state index contributed by atoms with van der Waals surface area (Å²) >= 11 is 0. The molecule has 1 aromatic rings. The van der Waals surface area contributed by atoms with Gasteiger partial charge in [0, 0.05) is 25.8 Å². The highest BCUT2D eigenvalue weighted by atomic mass is 16.5. The van der Waals surface area contributed by atoms with Crippen molar-refractivity contribution in [2.75, 3.05) is 13.7 Å². The highest BCUT2D eigenvalue weighted by Crippen LogP contribution is 2.04. The second-order valence-corrected chi connectivity index (χ2v) is 4.14. The molecule has 104 valence electrons. The van der Waals surface area contributed by atoms with Crippen molar-refractivity contribution in [3.63, 3.8) is 0 Å². The van der Waals surface area contributed by atoms with Crippen LogP contribution in [0, 0.1) is 0 Å². The van der Waals surface area contributed by atoms with Crippen LogP contribution in [-0.2, 0) is 16.1 Å². The number of carbonyl (C=O) groups is 2. The normalized spacial score (nSPS) is 11.9. The van der Waals surface area contributed by atoms with Crippen LogP contribution in [0.2, 0.25) is 0 Å². The van der Waals surface area contributed by atoms with Crippen LogP contribution in [0.3, 0.4) is 0 Å². The Hall–Kier alpha value is -1.92. The molecule has 0 saturated heterocycles. The Kier molecular flexibility index (Phi) is 5.98. The summed E-state index contributed by atoms with van der Waals surface area (Å²) < 4.78 is 5.03. The van der Waals surface area contributed by atoms with Crippen molar-refractivity contribution in [1.29, 1.82) is 0 Å². The molecule has 6 nitrogen and oxygen atoms in total. The molecule has 0 aromatic heterocycles. The van der Waals surface area contributed by atoms with Crippen LogP contribution in [-0.4, -0.2) is 31.6 Å². The van der Waals surface area contributed by atoms with Crippen molar-refractivity contribution in [3.8, 4) is 0 Å². The van der Waals surface area contributed by atoms with Crippen LogP contribution in [0.15, 0.2) is 24.3 Å². The number of rotatable bonds is 7. The van der Waals surface area contributed by atoms with Crippen molar-refractivity contribution < 1.29 is 14.3 Å². The summed E-state index contributed by atoms with van der Waals surface area (Å²) in [6.45, 7) is 0.627. The van der Waals surface area contributed by atoms with Crippen molar-refractivity contribution in [2.24, 2.45) is 11.5 Å². The number of nitrogens with one attached hydrogen (secondary N) is 1. The third kappa shape index (κ3) is 5.07. The van der Waals surface area contributed by atoms with Gasteiger partial charge in [-0.25, -0.2) is 0 Å². The number of hydrogen-bond acceptors (Lipinski definition) is 4. The topological polar surface area (TPSA) is 107 Å². The lowest BCUT2D eigenvalue weighted by Crippen LogP contribution is -2.31. The minimum Gasteiger partial charge on any atom is -0.380 e. The van der Waals surface area contributed by atoms with Crippen LogP contribution in [0.5, 0.6) is 0 Å². The van der Waals surface area contributed by atoms with Gasteiger partial charge in [0.25, 0.3) is 0 Å². The number of methoxy groups -OCH3 is 1. The Morgan fingerprint density at radius 1 is 1.42 bits per heavy atom. The Bertz CT molecular complexity index is 445. The summed E-state index contributed by atoms with van der Waals surface area (Å²) in [5.41, 5.74) is 11.9. The highest BCUT2D eigenvalue weighted by molar-refractivity contribution is 5.92. The summed E-state index contributed by atoms with van der Waals surface area (Å²) in [6, 6.07) is 6.81. The molecule has 1 aromatic carbocycles. The highest BCUT2D eigenvalue weighted by Gasteiger charge is 2.11. The summed E-state index contributed by atoms with van der Waals surface area (Å²) in [5.74, 6) is -0.641. The lowest BCUT2D eigenvalue weighted by atomic mass is 10.1. The first-order valence-electron chi connectivity index (χ1n) is 5.95. The van der Waals surface area contributed by atoms with Gasteiger partial charge < -0.3 is 21.5 Å². The molecule has 2 amide bonds. The van der Waals surface area contributed by atoms with E-state index in [1.807, 2.05) is 6.07 Å². The maximum absolute atomic E-state index is 11.6. The molecule has 0 spiro atoms. The van der Waals surface area contributed by atoms with Gasteiger partial charge in [-0.05, 0) is 17.7 Å². The molecule has 19 heavy (non-hydrogen) atoms. The number of nitrogens with two attached hydrogens (primary N) is 2. The Morgan fingerprint density at radius 2 is 2.16 bits per heavy atom. The first-order chi connectivity index (χ1) is 9.06. The fraction of sp³-hybridized carbons (Fsp3) is 0.385. The molecule has 1 rings (SSSR count). The zero-order valence-electron chi connectivity index (χ0n) is 10.9. The Balaban J connectivity index is 2.50. The van der Waals surface area contributed by atoms with E-state index in [1.54, 1.807) is 18.2 Å². The fourth-order valence-corrected chi connectivity index (χ4v) is 1.58.